The van der Waals surface area contributed by atoms with Crippen molar-refractivity contribution < 1.29 is 40.6 Å². The summed E-state index contributed by atoms with van der Waals surface area (Å²) in [6.07, 6.45) is -1.71. The zero-order valence-corrected chi connectivity index (χ0v) is 22.7. The van der Waals surface area contributed by atoms with Gasteiger partial charge in [-0.05, 0) is 81.9 Å². The molecule has 1 amide bonds. The number of benzene rings is 1. The first-order valence-corrected chi connectivity index (χ1v) is 13.5. The predicted molar refractivity (Wildman–Crippen MR) is 139 cm³/mol. The minimum Gasteiger partial charge on any atom is -0.492 e. The second-order valence-corrected chi connectivity index (χ2v) is 10.9. The van der Waals surface area contributed by atoms with Gasteiger partial charge in [-0.2, -0.15) is 22.0 Å². The molecular weight excluding hydrogens is 554 g/mol. The topological polar surface area (TPSA) is 80.9 Å². The highest BCUT2D eigenvalue weighted by molar-refractivity contribution is 5.95. The number of halogens is 6. The average Bonchev–Trinajstić information content (AvgIpc) is 3.32. The molecule has 0 aliphatic carbocycles. The van der Waals surface area contributed by atoms with Crippen LogP contribution in [0, 0.1) is 11.7 Å². The van der Waals surface area contributed by atoms with Crippen LogP contribution in [-0.2, 0) is 4.74 Å². The number of alkyl halides is 5. The largest absolute Gasteiger partial charge is 0.492 e. The maximum Gasteiger partial charge on any atom is 0.454 e. The molecule has 2 fully saturated rings. The molecule has 41 heavy (non-hydrogen) atoms. The maximum atomic E-state index is 15.1. The van der Waals surface area contributed by atoms with E-state index in [1.807, 2.05) is 6.92 Å². The number of pyridine rings is 1. The van der Waals surface area contributed by atoms with Crippen molar-refractivity contribution in [2.45, 2.75) is 50.2 Å². The molecule has 2 aliphatic rings. The molecule has 13 heteroatoms. The number of nitrogens with zero attached hydrogens (tertiary/aromatic N) is 3. The van der Waals surface area contributed by atoms with Crippen LogP contribution in [0.1, 0.15) is 43.0 Å². The van der Waals surface area contributed by atoms with Crippen molar-refractivity contribution in [3.63, 3.8) is 0 Å². The summed E-state index contributed by atoms with van der Waals surface area (Å²) in [6, 6.07) is 7.46. The average molecular weight is 589 g/mol. The molecule has 4 rings (SSSR count). The van der Waals surface area contributed by atoms with Gasteiger partial charge in [0.25, 0.3) is 5.91 Å². The van der Waals surface area contributed by atoms with Gasteiger partial charge >= 0.3 is 12.1 Å². The molecule has 1 atom stereocenters. The number of likely N-dealkylation sites (tertiary alicyclic amines) is 2. The second-order valence-electron chi connectivity index (χ2n) is 10.9. The summed E-state index contributed by atoms with van der Waals surface area (Å²) in [6.45, 7) is 1.96. The standard InChI is InChI=1S/C28H34F6N4O3/c1-26(17-40-18-35)9-2-10-38(26)25(39)20-3-5-22(23(29)13-20)24-6-4-21(14-36-24)41-15-19-7-11-37(12-8-19)16-27(30,31)28(32,33)34/h3-6,13-14,19H,2,7-12,15-18,35H2,1H3/t26-/m0/s1. The van der Waals surface area contributed by atoms with Gasteiger partial charge in [0.05, 0.1) is 43.9 Å². The summed E-state index contributed by atoms with van der Waals surface area (Å²) in [4.78, 5) is 20.2. The van der Waals surface area contributed by atoms with E-state index >= 15 is 4.39 Å². The third-order valence-electron chi connectivity index (χ3n) is 7.78. The van der Waals surface area contributed by atoms with Crippen LogP contribution in [0.4, 0.5) is 26.3 Å². The van der Waals surface area contributed by atoms with Gasteiger partial charge in [0.15, 0.2) is 0 Å². The summed E-state index contributed by atoms with van der Waals surface area (Å²) in [5.74, 6) is -5.22. The van der Waals surface area contributed by atoms with Crippen molar-refractivity contribution >= 4 is 5.91 Å². The predicted octanol–water partition coefficient (Wildman–Crippen LogP) is 5.10. The molecule has 1 aromatic carbocycles. The fraction of sp³-hybridized carbons (Fsp3) is 0.571. The van der Waals surface area contributed by atoms with Crippen molar-refractivity contribution in [1.29, 1.82) is 0 Å². The van der Waals surface area contributed by atoms with Gasteiger partial charge in [-0.3, -0.25) is 14.7 Å². The number of amides is 1. The summed E-state index contributed by atoms with van der Waals surface area (Å²) in [5.41, 5.74) is 5.71. The number of hydrogen-bond donors (Lipinski definition) is 1. The Bertz CT molecular complexity index is 1190. The molecule has 0 saturated carbocycles. The lowest BCUT2D eigenvalue weighted by atomic mass is 9.97. The Kier molecular flexibility index (Phi) is 9.49. The third kappa shape index (κ3) is 7.31. The third-order valence-corrected chi connectivity index (χ3v) is 7.78. The van der Waals surface area contributed by atoms with E-state index in [0.29, 0.717) is 37.4 Å². The van der Waals surface area contributed by atoms with Gasteiger partial charge in [-0.1, -0.05) is 0 Å². The first-order valence-electron chi connectivity index (χ1n) is 13.5. The molecule has 7 nitrogen and oxygen atoms in total. The summed E-state index contributed by atoms with van der Waals surface area (Å²) < 4.78 is 90.1. The monoisotopic (exact) mass is 588 g/mol. The Morgan fingerprint density at radius 1 is 1.12 bits per heavy atom. The fourth-order valence-electron chi connectivity index (χ4n) is 5.33. The highest BCUT2D eigenvalue weighted by atomic mass is 19.4. The first-order chi connectivity index (χ1) is 19.3. The molecule has 226 valence electrons. The normalized spacial score (nSPS) is 20.9. The number of nitrogens with two attached hydrogens (primary N) is 1. The molecule has 0 bridgehead atoms. The minimum absolute atomic E-state index is 0.00714. The van der Waals surface area contributed by atoms with E-state index in [4.69, 9.17) is 15.2 Å². The lowest BCUT2D eigenvalue weighted by Gasteiger charge is -2.35. The molecule has 2 aliphatic heterocycles. The van der Waals surface area contributed by atoms with E-state index < -0.39 is 30.0 Å². The van der Waals surface area contributed by atoms with E-state index in [1.165, 1.54) is 18.3 Å². The van der Waals surface area contributed by atoms with Gasteiger partial charge in [0.1, 0.15) is 11.6 Å². The Morgan fingerprint density at radius 3 is 2.46 bits per heavy atom. The van der Waals surface area contributed by atoms with E-state index in [2.05, 4.69) is 4.98 Å². The number of ether oxygens (including phenoxy) is 2. The van der Waals surface area contributed by atoms with E-state index in [-0.39, 0.29) is 49.4 Å². The van der Waals surface area contributed by atoms with Gasteiger partial charge < -0.3 is 20.1 Å². The highest BCUT2D eigenvalue weighted by Crippen LogP contribution is 2.37. The zero-order valence-electron chi connectivity index (χ0n) is 22.7. The second kappa shape index (κ2) is 12.5. The lowest BCUT2D eigenvalue weighted by Crippen LogP contribution is -2.49. The Labute approximate surface area is 234 Å². The van der Waals surface area contributed by atoms with Crippen LogP contribution in [0.25, 0.3) is 11.3 Å². The molecule has 3 heterocycles. The molecule has 2 aromatic rings. The van der Waals surface area contributed by atoms with Crippen LogP contribution >= 0.6 is 0 Å². The summed E-state index contributed by atoms with van der Waals surface area (Å²) in [5, 5.41) is 0. The van der Waals surface area contributed by atoms with Gasteiger partial charge in [-0.15, -0.1) is 0 Å². The minimum atomic E-state index is -5.57. The van der Waals surface area contributed by atoms with E-state index in [9.17, 15) is 26.7 Å². The van der Waals surface area contributed by atoms with Crippen LogP contribution in [0.5, 0.6) is 5.75 Å². The fourth-order valence-corrected chi connectivity index (χ4v) is 5.33. The molecule has 0 unspecified atom stereocenters. The number of carbonyl (C=O) groups excluding carboxylic acids is 1. The number of aromatic nitrogens is 1. The van der Waals surface area contributed by atoms with E-state index in [0.717, 1.165) is 17.7 Å². The van der Waals surface area contributed by atoms with Crippen LogP contribution in [0.2, 0.25) is 0 Å². The van der Waals surface area contributed by atoms with Crippen LogP contribution < -0.4 is 10.5 Å². The lowest BCUT2D eigenvalue weighted by molar-refractivity contribution is -0.287. The number of rotatable bonds is 10. The first kappa shape index (κ1) is 31.0. The Balaban J connectivity index is 1.30. The zero-order chi connectivity index (χ0) is 29.8. The SMILES string of the molecule is C[C@@]1(COCN)CCCN1C(=O)c1ccc(-c2ccc(OCC3CCN(CC(F)(F)C(F)(F)F)CC3)cn2)c(F)c1. The molecule has 0 radical (unpaired) electrons. The Hall–Kier alpha value is -2.90. The number of piperidine rings is 1. The number of hydrogen-bond acceptors (Lipinski definition) is 6. The van der Waals surface area contributed by atoms with Crippen molar-refractivity contribution in [1.82, 2.24) is 14.8 Å². The van der Waals surface area contributed by atoms with Gasteiger partial charge in [0, 0.05) is 17.7 Å². The quantitative estimate of drug-likeness (QED) is 0.307. The van der Waals surface area contributed by atoms with Crippen molar-refractivity contribution in [2.75, 3.05) is 46.1 Å². The van der Waals surface area contributed by atoms with Crippen molar-refractivity contribution in [3.8, 4) is 17.0 Å². The maximum absolute atomic E-state index is 15.1. The molecule has 2 N–H and O–H groups in total. The molecular formula is C28H34F6N4O3. The van der Waals surface area contributed by atoms with Gasteiger partial charge in [-0.25, -0.2) is 4.39 Å². The van der Waals surface area contributed by atoms with Crippen molar-refractivity contribution in [3.05, 3.63) is 47.9 Å². The summed E-state index contributed by atoms with van der Waals surface area (Å²) in [7, 11) is 0. The smallest absolute Gasteiger partial charge is 0.454 e. The molecule has 0 spiro atoms. The van der Waals surface area contributed by atoms with Crippen LogP contribution in [0.3, 0.4) is 0 Å². The van der Waals surface area contributed by atoms with E-state index in [1.54, 1.807) is 23.1 Å². The molecule has 1 aromatic heterocycles. The van der Waals surface area contributed by atoms with Crippen LogP contribution in [0.15, 0.2) is 36.5 Å². The van der Waals surface area contributed by atoms with Crippen molar-refractivity contribution in [2.24, 2.45) is 11.7 Å². The van der Waals surface area contributed by atoms with Crippen LogP contribution in [-0.4, -0.2) is 84.5 Å². The Morgan fingerprint density at radius 2 is 1.85 bits per heavy atom. The van der Waals surface area contributed by atoms with Gasteiger partial charge in [0.2, 0.25) is 0 Å². The summed E-state index contributed by atoms with van der Waals surface area (Å²) >= 11 is 0. The highest BCUT2D eigenvalue weighted by Gasteiger charge is 2.58. The number of carbonyl (C=O) groups is 1. The molecule has 2 saturated heterocycles.